The lowest BCUT2D eigenvalue weighted by Gasteiger charge is -2.36. The summed E-state index contributed by atoms with van der Waals surface area (Å²) in [4.78, 5) is 0. The highest BCUT2D eigenvalue weighted by Crippen LogP contribution is 2.38. The van der Waals surface area contributed by atoms with E-state index >= 15 is 0 Å². The van der Waals surface area contributed by atoms with Gasteiger partial charge in [0, 0.05) is 0 Å². The van der Waals surface area contributed by atoms with E-state index in [1.54, 1.807) is 33.0 Å². The third-order valence-electron chi connectivity index (χ3n) is 4.97. The molecule has 0 saturated heterocycles. The van der Waals surface area contributed by atoms with Gasteiger partial charge in [-0.2, -0.15) is 13.2 Å². The van der Waals surface area contributed by atoms with Gasteiger partial charge in [-0.3, -0.25) is 0 Å². The fourth-order valence-corrected chi connectivity index (χ4v) is 2.82. The zero-order valence-electron chi connectivity index (χ0n) is 15.8. The molecule has 0 aliphatic carbocycles. The van der Waals surface area contributed by atoms with E-state index in [1.807, 2.05) is 18.2 Å². The lowest BCUT2D eigenvalue weighted by Crippen LogP contribution is -2.40. The van der Waals surface area contributed by atoms with Crippen molar-refractivity contribution < 1.29 is 23.4 Å². The minimum absolute atomic E-state index is 0.221. The van der Waals surface area contributed by atoms with Crippen molar-refractivity contribution in [3.8, 4) is 11.1 Å². The number of alkyl halides is 3. The van der Waals surface area contributed by atoms with Gasteiger partial charge in [-0.1, -0.05) is 56.0 Å². The van der Waals surface area contributed by atoms with Gasteiger partial charge in [-0.25, -0.2) is 0 Å². The maximum Gasteiger partial charge on any atom is 0.393 e. The largest absolute Gasteiger partial charge is 0.393 e. The van der Waals surface area contributed by atoms with E-state index in [1.165, 1.54) is 19.1 Å². The molecule has 0 spiro atoms. The molecule has 2 nitrogen and oxygen atoms in total. The van der Waals surface area contributed by atoms with Crippen LogP contribution in [0.5, 0.6) is 0 Å². The van der Waals surface area contributed by atoms with E-state index in [0.717, 1.165) is 22.3 Å². The Morgan fingerprint density at radius 3 is 2.00 bits per heavy atom. The minimum atomic E-state index is -4.22. The van der Waals surface area contributed by atoms with Crippen LogP contribution in [0.3, 0.4) is 0 Å². The third kappa shape index (κ3) is 5.47. The predicted octanol–water partition coefficient (Wildman–Crippen LogP) is 4.16. The summed E-state index contributed by atoms with van der Waals surface area (Å²) < 4.78 is 37.4. The van der Waals surface area contributed by atoms with Crippen LogP contribution in [0.15, 0.2) is 49.0 Å². The monoisotopic (exact) mass is 376 g/mol. The first kappa shape index (κ1) is 21.3. The maximum absolute atomic E-state index is 12.5. The molecule has 0 aliphatic rings. The lowest BCUT2D eigenvalue weighted by atomic mass is 9.61. The van der Waals surface area contributed by atoms with E-state index in [2.05, 4.69) is 6.58 Å². The van der Waals surface area contributed by atoms with Gasteiger partial charge >= 0.3 is 6.18 Å². The zero-order chi connectivity index (χ0) is 20.5. The van der Waals surface area contributed by atoms with Crippen LogP contribution in [0.1, 0.15) is 30.5 Å². The Labute approximate surface area is 158 Å². The summed E-state index contributed by atoms with van der Waals surface area (Å²) in [5, 5.41) is 19.1. The summed E-state index contributed by atoms with van der Waals surface area (Å²) >= 11 is 0. The molecular weight excluding hydrogens is 352 g/mol. The Kier molecular flexibility index (Phi) is 5.92. The van der Waals surface area contributed by atoms with E-state index < -0.39 is 23.7 Å². The van der Waals surface area contributed by atoms with Gasteiger partial charge in [0.2, 0.25) is 0 Å². The fourth-order valence-electron chi connectivity index (χ4n) is 2.82. The Hall–Kier alpha value is -2.05. The molecule has 0 aliphatic heterocycles. The molecule has 2 aromatic rings. The first-order valence-electron chi connectivity index (χ1n) is 8.68. The molecule has 0 radical (unpaired) electrons. The smallest absolute Gasteiger partial charge is 0.366 e. The molecule has 0 amide bonds. The minimum Gasteiger partial charge on any atom is -0.366 e. The molecule has 0 fully saturated rings. The Balaban J connectivity index is 2.29. The van der Waals surface area contributed by atoms with Gasteiger partial charge in [-0.05, 0) is 52.5 Å². The SMILES string of the molecule is BC(C)(Cc1ccc(-c2ccc(CC(F)(F)F)cc2)cc1C=C)C(C)(O)O. The molecule has 0 heterocycles. The van der Waals surface area contributed by atoms with Gasteiger partial charge in [0.05, 0.1) is 6.42 Å². The summed E-state index contributed by atoms with van der Waals surface area (Å²) in [5.74, 6) is -1.83. The van der Waals surface area contributed by atoms with E-state index in [4.69, 9.17) is 0 Å². The fraction of sp³-hybridized carbons (Fsp3) is 0.333. The number of halogens is 3. The quantitative estimate of drug-likeness (QED) is 0.587. The molecule has 0 saturated carbocycles. The highest BCUT2D eigenvalue weighted by atomic mass is 19.4. The standard InChI is InChI=1S/C21H24BF3O2/c1-4-15-11-17(9-10-18(15)13-19(2,22)20(3,26)27)16-7-5-14(6-8-16)12-21(23,24)25/h4-11,26-27H,1,12-13,22H2,2-3H3. The van der Waals surface area contributed by atoms with Crippen LogP contribution in [0.4, 0.5) is 13.2 Å². The molecule has 2 N–H and O–H groups in total. The van der Waals surface area contributed by atoms with E-state index in [-0.39, 0.29) is 5.56 Å². The second-order valence-corrected chi connectivity index (χ2v) is 7.69. The third-order valence-corrected chi connectivity index (χ3v) is 4.97. The van der Waals surface area contributed by atoms with Crippen molar-refractivity contribution in [2.75, 3.05) is 0 Å². The van der Waals surface area contributed by atoms with Crippen molar-refractivity contribution in [1.29, 1.82) is 0 Å². The van der Waals surface area contributed by atoms with Crippen LogP contribution >= 0.6 is 0 Å². The second kappa shape index (κ2) is 7.53. The number of rotatable bonds is 6. The van der Waals surface area contributed by atoms with Crippen LogP contribution in [0, 0.1) is 0 Å². The van der Waals surface area contributed by atoms with Gasteiger partial charge < -0.3 is 10.2 Å². The molecule has 0 aromatic heterocycles. The molecule has 27 heavy (non-hydrogen) atoms. The first-order valence-corrected chi connectivity index (χ1v) is 8.68. The second-order valence-electron chi connectivity index (χ2n) is 7.69. The normalized spacial score (nSPS) is 14.6. The number of hydrogen-bond acceptors (Lipinski definition) is 2. The van der Waals surface area contributed by atoms with Crippen LogP contribution in [0.25, 0.3) is 17.2 Å². The number of aliphatic hydroxyl groups is 2. The summed E-state index contributed by atoms with van der Waals surface area (Å²) in [6.45, 7) is 6.95. The molecule has 2 rings (SSSR count). The molecular formula is C21H24BF3O2. The topological polar surface area (TPSA) is 40.5 Å². The first-order chi connectivity index (χ1) is 12.3. The Bertz CT molecular complexity index is 804. The summed E-state index contributed by atoms with van der Waals surface area (Å²) in [6.07, 6.45) is -3.04. The maximum atomic E-state index is 12.5. The van der Waals surface area contributed by atoms with Crippen molar-refractivity contribution in [1.82, 2.24) is 0 Å². The van der Waals surface area contributed by atoms with Crippen molar-refractivity contribution in [2.24, 2.45) is 0 Å². The van der Waals surface area contributed by atoms with Gasteiger partial charge in [0.25, 0.3) is 0 Å². The van der Waals surface area contributed by atoms with Gasteiger partial charge in [-0.15, -0.1) is 0 Å². The Morgan fingerprint density at radius 2 is 1.52 bits per heavy atom. The average Bonchev–Trinajstić information content (AvgIpc) is 2.53. The van der Waals surface area contributed by atoms with E-state index in [9.17, 15) is 23.4 Å². The van der Waals surface area contributed by atoms with Crippen molar-refractivity contribution in [3.63, 3.8) is 0 Å². The number of hydrogen-bond donors (Lipinski definition) is 2. The summed E-state index contributed by atoms with van der Waals surface area (Å²) in [5.41, 5.74) is 3.66. The summed E-state index contributed by atoms with van der Waals surface area (Å²) in [6, 6.07) is 12.0. The van der Waals surface area contributed by atoms with Crippen LogP contribution in [-0.4, -0.2) is 30.0 Å². The highest BCUT2D eigenvalue weighted by molar-refractivity contribution is 6.15. The molecule has 1 unspecified atom stereocenters. The van der Waals surface area contributed by atoms with Crippen LogP contribution in [0.2, 0.25) is 5.31 Å². The van der Waals surface area contributed by atoms with Crippen molar-refractivity contribution in [2.45, 2.75) is 44.0 Å². The summed E-state index contributed by atoms with van der Waals surface area (Å²) in [7, 11) is 1.77. The molecule has 0 bridgehead atoms. The van der Waals surface area contributed by atoms with Crippen molar-refractivity contribution in [3.05, 3.63) is 65.7 Å². The van der Waals surface area contributed by atoms with Crippen molar-refractivity contribution >= 4 is 13.9 Å². The average molecular weight is 376 g/mol. The molecule has 6 heteroatoms. The predicted molar refractivity (Wildman–Crippen MR) is 105 cm³/mol. The zero-order valence-corrected chi connectivity index (χ0v) is 15.8. The Morgan fingerprint density at radius 1 is 0.963 bits per heavy atom. The van der Waals surface area contributed by atoms with Crippen LogP contribution in [-0.2, 0) is 12.8 Å². The van der Waals surface area contributed by atoms with Gasteiger partial charge in [0.1, 0.15) is 7.85 Å². The molecule has 144 valence electrons. The lowest BCUT2D eigenvalue weighted by molar-refractivity contribution is -0.172. The number of benzene rings is 2. The highest BCUT2D eigenvalue weighted by Gasteiger charge is 2.37. The molecule has 2 aromatic carbocycles. The van der Waals surface area contributed by atoms with Crippen LogP contribution < -0.4 is 0 Å². The van der Waals surface area contributed by atoms with E-state index in [0.29, 0.717) is 6.42 Å². The van der Waals surface area contributed by atoms with Gasteiger partial charge in [0.15, 0.2) is 5.79 Å². The molecule has 1 atom stereocenters.